The highest BCUT2D eigenvalue weighted by Gasteiger charge is 2.13. The highest BCUT2D eigenvalue weighted by Crippen LogP contribution is 2.14. The lowest BCUT2D eigenvalue weighted by molar-refractivity contribution is 0.0950. The zero-order valence-electron chi connectivity index (χ0n) is 15.4. The van der Waals surface area contributed by atoms with Crippen LogP contribution in [-0.2, 0) is 13.1 Å². The monoisotopic (exact) mass is 448 g/mol. The summed E-state index contributed by atoms with van der Waals surface area (Å²) in [5.74, 6) is -0.203. The second-order valence-corrected chi connectivity index (χ2v) is 7.38. The van der Waals surface area contributed by atoms with Crippen LogP contribution in [0.2, 0.25) is 0 Å². The van der Waals surface area contributed by atoms with Gasteiger partial charge < -0.3 is 5.32 Å². The molecule has 2 aromatic carbocycles. The first kappa shape index (κ1) is 19.0. The number of pyridine rings is 1. The minimum absolute atomic E-state index is 0.186. The lowest BCUT2D eigenvalue weighted by atomic mass is 10.1. The quantitative estimate of drug-likeness (QED) is 0.506. The van der Waals surface area contributed by atoms with E-state index < -0.39 is 0 Å². The standard InChI is InChI=1S/C22H17BrN4O2/c23-16-10-8-15(9-11-16)21(28)25-13-20-18-6-1-2-7-19(18)22(29)27(26-20)14-17-5-3-4-12-24-17/h1-12H,13-14H2,(H,25,28). The van der Waals surface area contributed by atoms with Crippen LogP contribution in [0.1, 0.15) is 21.7 Å². The highest BCUT2D eigenvalue weighted by atomic mass is 79.9. The Morgan fingerprint density at radius 3 is 2.41 bits per heavy atom. The summed E-state index contributed by atoms with van der Waals surface area (Å²) in [5.41, 5.74) is 1.73. The lowest BCUT2D eigenvalue weighted by Gasteiger charge is -2.12. The number of aromatic nitrogens is 3. The maximum absolute atomic E-state index is 12.9. The van der Waals surface area contributed by atoms with Crippen LogP contribution in [0.25, 0.3) is 10.8 Å². The summed E-state index contributed by atoms with van der Waals surface area (Å²) < 4.78 is 2.30. The van der Waals surface area contributed by atoms with Crippen molar-refractivity contribution in [1.29, 1.82) is 0 Å². The van der Waals surface area contributed by atoms with E-state index in [1.807, 2.05) is 48.5 Å². The third-order valence-corrected chi connectivity index (χ3v) is 5.03. The Bertz CT molecular complexity index is 1220. The molecule has 29 heavy (non-hydrogen) atoms. The summed E-state index contributed by atoms with van der Waals surface area (Å²) in [4.78, 5) is 29.6. The van der Waals surface area contributed by atoms with Crippen LogP contribution in [0.5, 0.6) is 0 Å². The van der Waals surface area contributed by atoms with E-state index in [-0.39, 0.29) is 24.6 Å². The molecule has 0 fully saturated rings. The Hall–Kier alpha value is -3.32. The van der Waals surface area contributed by atoms with E-state index in [0.717, 1.165) is 15.6 Å². The van der Waals surface area contributed by atoms with Crippen molar-refractivity contribution in [3.05, 3.63) is 105 Å². The molecule has 0 bridgehead atoms. The molecule has 0 aliphatic rings. The molecule has 6 nitrogen and oxygen atoms in total. The molecule has 4 aromatic rings. The van der Waals surface area contributed by atoms with E-state index >= 15 is 0 Å². The van der Waals surface area contributed by atoms with Crippen LogP contribution < -0.4 is 10.9 Å². The van der Waals surface area contributed by atoms with E-state index in [4.69, 9.17) is 0 Å². The molecule has 0 radical (unpaired) electrons. The van der Waals surface area contributed by atoms with Crippen molar-refractivity contribution in [2.45, 2.75) is 13.1 Å². The highest BCUT2D eigenvalue weighted by molar-refractivity contribution is 9.10. The number of rotatable bonds is 5. The zero-order valence-corrected chi connectivity index (χ0v) is 17.0. The Morgan fingerprint density at radius 1 is 0.966 bits per heavy atom. The normalized spacial score (nSPS) is 10.8. The van der Waals surface area contributed by atoms with Gasteiger partial charge in [0, 0.05) is 21.6 Å². The van der Waals surface area contributed by atoms with Crippen molar-refractivity contribution in [3.63, 3.8) is 0 Å². The number of hydrogen-bond acceptors (Lipinski definition) is 4. The predicted molar refractivity (Wildman–Crippen MR) is 115 cm³/mol. The fourth-order valence-corrected chi connectivity index (χ4v) is 3.32. The van der Waals surface area contributed by atoms with Crippen molar-refractivity contribution in [2.75, 3.05) is 0 Å². The SMILES string of the molecule is O=C(NCc1nn(Cc2ccccn2)c(=O)c2ccccc12)c1ccc(Br)cc1. The van der Waals surface area contributed by atoms with E-state index in [1.165, 1.54) is 4.68 Å². The topological polar surface area (TPSA) is 76.9 Å². The molecular formula is C22H17BrN4O2. The van der Waals surface area contributed by atoms with Crippen molar-refractivity contribution in [3.8, 4) is 0 Å². The Balaban J connectivity index is 1.66. The molecule has 0 saturated heterocycles. The van der Waals surface area contributed by atoms with Crippen LogP contribution in [-0.4, -0.2) is 20.7 Å². The molecule has 0 unspecified atom stereocenters. The average molecular weight is 449 g/mol. The largest absolute Gasteiger partial charge is 0.346 e. The molecule has 0 saturated carbocycles. The maximum atomic E-state index is 12.9. The van der Waals surface area contributed by atoms with E-state index in [0.29, 0.717) is 16.6 Å². The summed E-state index contributed by atoms with van der Waals surface area (Å²) in [6, 6.07) is 19.9. The van der Waals surface area contributed by atoms with E-state index in [1.54, 1.807) is 24.4 Å². The Kier molecular flexibility index (Phi) is 5.48. The van der Waals surface area contributed by atoms with Gasteiger partial charge in [-0.1, -0.05) is 40.2 Å². The Morgan fingerprint density at radius 2 is 1.69 bits per heavy atom. The Labute approximate surface area is 175 Å². The molecule has 4 rings (SSSR count). The van der Waals surface area contributed by atoms with Crippen LogP contribution in [0.3, 0.4) is 0 Å². The minimum atomic E-state index is -0.203. The van der Waals surface area contributed by atoms with Gasteiger partial charge in [0.1, 0.15) is 0 Å². The number of benzene rings is 2. The van der Waals surface area contributed by atoms with Gasteiger partial charge in [0.05, 0.1) is 29.9 Å². The van der Waals surface area contributed by atoms with E-state index in [2.05, 4.69) is 31.3 Å². The van der Waals surface area contributed by atoms with Crippen LogP contribution >= 0.6 is 15.9 Å². The number of carbonyl (C=O) groups excluding carboxylic acids is 1. The molecular weight excluding hydrogens is 432 g/mol. The van der Waals surface area contributed by atoms with Gasteiger partial charge >= 0.3 is 0 Å². The van der Waals surface area contributed by atoms with Crippen molar-refractivity contribution in [1.82, 2.24) is 20.1 Å². The molecule has 1 amide bonds. The summed E-state index contributed by atoms with van der Waals surface area (Å²) in [6.07, 6.45) is 1.68. The number of nitrogens with one attached hydrogen (secondary N) is 1. The van der Waals surface area contributed by atoms with Crippen molar-refractivity contribution in [2.24, 2.45) is 0 Å². The van der Waals surface area contributed by atoms with Crippen LogP contribution in [0, 0.1) is 0 Å². The van der Waals surface area contributed by atoms with Gasteiger partial charge in [-0.3, -0.25) is 14.6 Å². The fraction of sp³-hybridized carbons (Fsp3) is 0.0909. The second kappa shape index (κ2) is 8.36. The van der Waals surface area contributed by atoms with Crippen LogP contribution in [0.15, 0.2) is 82.2 Å². The first-order valence-electron chi connectivity index (χ1n) is 9.04. The fourth-order valence-electron chi connectivity index (χ4n) is 3.06. The van der Waals surface area contributed by atoms with Gasteiger partial charge in [-0.15, -0.1) is 0 Å². The predicted octanol–water partition coefficient (Wildman–Crippen LogP) is 3.53. The van der Waals surface area contributed by atoms with Crippen LogP contribution in [0.4, 0.5) is 0 Å². The van der Waals surface area contributed by atoms with Gasteiger partial charge in [0.15, 0.2) is 0 Å². The summed E-state index contributed by atoms with van der Waals surface area (Å²) in [5, 5.41) is 8.70. The first-order valence-corrected chi connectivity index (χ1v) is 9.83. The second-order valence-electron chi connectivity index (χ2n) is 6.47. The first-order chi connectivity index (χ1) is 14.1. The van der Waals surface area contributed by atoms with Gasteiger partial charge in [0.2, 0.25) is 0 Å². The molecule has 7 heteroatoms. The number of nitrogens with zero attached hydrogens (tertiary/aromatic N) is 3. The third kappa shape index (κ3) is 4.25. The molecule has 144 valence electrons. The summed E-state index contributed by atoms with van der Waals surface area (Å²) in [6.45, 7) is 0.468. The molecule has 2 heterocycles. The number of carbonyl (C=O) groups is 1. The molecule has 0 aliphatic heterocycles. The number of halogens is 1. The van der Waals surface area contributed by atoms with Gasteiger partial charge in [-0.05, 0) is 42.5 Å². The summed E-state index contributed by atoms with van der Waals surface area (Å²) >= 11 is 3.36. The van der Waals surface area contributed by atoms with Gasteiger partial charge in [0.25, 0.3) is 11.5 Å². The third-order valence-electron chi connectivity index (χ3n) is 4.50. The van der Waals surface area contributed by atoms with Crippen molar-refractivity contribution < 1.29 is 4.79 Å². The number of amides is 1. The molecule has 0 spiro atoms. The molecule has 0 aliphatic carbocycles. The number of fused-ring (bicyclic) bond motifs is 1. The smallest absolute Gasteiger partial charge is 0.275 e. The van der Waals surface area contributed by atoms with Crippen molar-refractivity contribution >= 4 is 32.6 Å². The average Bonchev–Trinajstić information content (AvgIpc) is 2.76. The lowest BCUT2D eigenvalue weighted by Crippen LogP contribution is -2.29. The molecule has 0 atom stereocenters. The van der Waals surface area contributed by atoms with Gasteiger partial charge in [-0.25, -0.2) is 4.68 Å². The maximum Gasteiger partial charge on any atom is 0.275 e. The summed E-state index contributed by atoms with van der Waals surface area (Å²) in [7, 11) is 0. The molecule has 1 N–H and O–H groups in total. The molecule has 2 aromatic heterocycles. The number of hydrogen-bond donors (Lipinski definition) is 1. The van der Waals surface area contributed by atoms with E-state index in [9.17, 15) is 9.59 Å². The zero-order chi connectivity index (χ0) is 20.2. The minimum Gasteiger partial charge on any atom is -0.346 e. The van der Waals surface area contributed by atoms with Gasteiger partial charge in [-0.2, -0.15) is 5.10 Å².